The van der Waals surface area contributed by atoms with E-state index in [1.54, 1.807) is 19.2 Å². The van der Waals surface area contributed by atoms with Gasteiger partial charge in [0.15, 0.2) is 0 Å². The molecule has 0 aliphatic carbocycles. The molecule has 0 radical (unpaired) electrons. The lowest BCUT2D eigenvalue weighted by molar-refractivity contribution is -0.133. The summed E-state index contributed by atoms with van der Waals surface area (Å²) in [4.78, 5) is 15.1. The third-order valence-corrected chi connectivity index (χ3v) is 5.74. The van der Waals surface area contributed by atoms with Gasteiger partial charge >= 0.3 is 0 Å². The van der Waals surface area contributed by atoms with Gasteiger partial charge in [-0.3, -0.25) is 9.69 Å². The Bertz CT molecular complexity index is 710. The molecule has 2 atom stereocenters. The lowest BCUT2D eigenvalue weighted by Gasteiger charge is -2.46. The summed E-state index contributed by atoms with van der Waals surface area (Å²) in [7, 11) is 3.32. The van der Waals surface area contributed by atoms with Crippen molar-refractivity contribution < 1.29 is 14.3 Å². The van der Waals surface area contributed by atoms with Crippen LogP contribution < -0.4 is 9.47 Å². The summed E-state index contributed by atoms with van der Waals surface area (Å²) in [5, 5.41) is 6.52. The van der Waals surface area contributed by atoms with Crippen LogP contribution in [-0.4, -0.2) is 54.9 Å². The molecule has 4 heterocycles. The Kier molecular flexibility index (Phi) is 4.15. The molecular formula is C19H25N3O3. The van der Waals surface area contributed by atoms with E-state index in [4.69, 9.17) is 14.6 Å². The smallest absolute Gasteiger partial charge is 0.243 e. The van der Waals surface area contributed by atoms with E-state index >= 15 is 0 Å². The fourth-order valence-corrected chi connectivity index (χ4v) is 4.47. The predicted molar refractivity (Wildman–Crippen MR) is 94.9 cm³/mol. The van der Waals surface area contributed by atoms with Gasteiger partial charge in [-0.2, -0.15) is 5.10 Å². The van der Waals surface area contributed by atoms with Crippen LogP contribution in [0.25, 0.3) is 0 Å². The van der Waals surface area contributed by atoms with Crippen molar-refractivity contribution in [3.05, 3.63) is 23.8 Å². The molecule has 3 fully saturated rings. The summed E-state index contributed by atoms with van der Waals surface area (Å²) in [5.41, 5.74) is 2.15. The van der Waals surface area contributed by atoms with Gasteiger partial charge in [-0.15, -0.1) is 0 Å². The number of methoxy groups -OCH3 is 2. The topological polar surface area (TPSA) is 54.4 Å². The third kappa shape index (κ3) is 2.51. The molecule has 1 aromatic carbocycles. The first-order valence-electron chi connectivity index (χ1n) is 9.04. The fourth-order valence-electron chi connectivity index (χ4n) is 4.47. The van der Waals surface area contributed by atoms with Crippen LogP contribution >= 0.6 is 0 Å². The van der Waals surface area contributed by atoms with Gasteiger partial charge in [-0.1, -0.05) is 6.92 Å². The number of benzene rings is 1. The van der Waals surface area contributed by atoms with E-state index in [-0.39, 0.29) is 18.0 Å². The number of nitrogens with zero attached hydrogens (tertiary/aromatic N) is 3. The van der Waals surface area contributed by atoms with Crippen LogP contribution in [0.5, 0.6) is 11.5 Å². The Hall–Kier alpha value is -2.08. The van der Waals surface area contributed by atoms with Crippen LogP contribution in [0.1, 0.15) is 37.8 Å². The first-order chi connectivity index (χ1) is 12.2. The highest BCUT2D eigenvalue weighted by Crippen LogP contribution is 2.46. The van der Waals surface area contributed by atoms with Gasteiger partial charge < -0.3 is 9.47 Å². The van der Waals surface area contributed by atoms with Crippen molar-refractivity contribution in [3.8, 4) is 11.5 Å². The standard InChI is InChI=1S/C19H25N3O3/c1-4-16(23)22-18(14-11-13(24-2)5-6-15(14)25-3)19-17(20-22)12-7-9-21(19)10-8-12/h5-6,11-12,18-19H,4,7-10H2,1-3H3/t18-,19-/m0/s1. The molecule has 3 saturated heterocycles. The van der Waals surface area contributed by atoms with E-state index in [0.29, 0.717) is 12.3 Å². The molecule has 0 aromatic heterocycles. The van der Waals surface area contributed by atoms with E-state index in [2.05, 4.69) is 4.90 Å². The number of carbonyl (C=O) groups is 1. The van der Waals surface area contributed by atoms with Crippen LogP contribution in [0, 0.1) is 5.92 Å². The van der Waals surface area contributed by atoms with E-state index < -0.39 is 0 Å². The molecule has 4 aliphatic heterocycles. The number of carbonyl (C=O) groups excluding carboxylic acids is 1. The highest BCUT2D eigenvalue weighted by molar-refractivity contribution is 5.97. The molecule has 0 spiro atoms. The molecule has 4 aliphatic rings. The van der Waals surface area contributed by atoms with E-state index in [1.165, 1.54) is 5.71 Å². The maximum atomic E-state index is 12.7. The van der Waals surface area contributed by atoms with Gasteiger partial charge in [-0.05, 0) is 44.1 Å². The van der Waals surface area contributed by atoms with Crippen molar-refractivity contribution >= 4 is 11.6 Å². The largest absolute Gasteiger partial charge is 0.497 e. The SMILES string of the molecule is CCC(=O)N1N=C2C3CCN(CC3)[C@@H]2[C@@H]1c1cc(OC)ccc1OC. The number of rotatable bonds is 4. The number of hydrazone groups is 1. The zero-order valence-corrected chi connectivity index (χ0v) is 15.1. The predicted octanol–water partition coefficient (Wildman–Crippen LogP) is 2.45. The Morgan fingerprint density at radius 2 is 1.96 bits per heavy atom. The second-order valence-electron chi connectivity index (χ2n) is 6.92. The summed E-state index contributed by atoms with van der Waals surface area (Å²) >= 11 is 0. The number of hydrogen-bond acceptors (Lipinski definition) is 5. The summed E-state index contributed by atoms with van der Waals surface area (Å²) in [5.74, 6) is 2.10. The Morgan fingerprint density at radius 1 is 1.20 bits per heavy atom. The van der Waals surface area contributed by atoms with Gasteiger partial charge in [0, 0.05) is 17.9 Å². The minimum absolute atomic E-state index is 0.0531. The minimum atomic E-state index is -0.143. The van der Waals surface area contributed by atoms with Gasteiger partial charge in [0.2, 0.25) is 5.91 Å². The van der Waals surface area contributed by atoms with Gasteiger partial charge in [0.25, 0.3) is 0 Å². The average Bonchev–Trinajstić information content (AvgIpc) is 3.10. The van der Waals surface area contributed by atoms with Crippen LogP contribution in [0.15, 0.2) is 23.3 Å². The van der Waals surface area contributed by atoms with E-state index in [1.807, 2.05) is 25.1 Å². The summed E-state index contributed by atoms with van der Waals surface area (Å²) in [6.07, 6.45) is 2.73. The van der Waals surface area contributed by atoms with Crippen molar-refractivity contribution in [2.75, 3.05) is 27.3 Å². The van der Waals surface area contributed by atoms with Crippen LogP contribution in [0.2, 0.25) is 0 Å². The normalized spacial score (nSPS) is 30.0. The molecule has 0 saturated carbocycles. The zero-order valence-electron chi connectivity index (χ0n) is 15.1. The van der Waals surface area contributed by atoms with Crippen molar-refractivity contribution in [2.24, 2.45) is 11.0 Å². The van der Waals surface area contributed by atoms with E-state index in [9.17, 15) is 4.79 Å². The van der Waals surface area contributed by atoms with Crippen LogP contribution in [-0.2, 0) is 4.79 Å². The van der Waals surface area contributed by atoms with Crippen molar-refractivity contribution in [1.82, 2.24) is 9.91 Å². The van der Waals surface area contributed by atoms with Crippen molar-refractivity contribution in [1.29, 1.82) is 0 Å². The number of amides is 1. The van der Waals surface area contributed by atoms with Crippen molar-refractivity contribution in [3.63, 3.8) is 0 Å². The van der Waals surface area contributed by atoms with Gasteiger partial charge in [0.05, 0.1) is 26.0 Å². The second kappa shape index (κ2) is 6.33. The van der Waals surface area contributed by atoms with E-state index in [0.717, 1.165) is 43.0 Å². The highest BCUT2D eigenvalue weighted by Gasteiger charge is 2.51. The fraction of sp³-hybridized carbons (Fsp3) is 0.579. The number of ether oxygens (including phenoxy) is 2. The molecule has 2 bridgehead atoms. The third-order valence-electron chi connectivity index (χ3n) is 5.74. The Balaban J connectivity index is 1.82. The van der Waals surface area contributed by atoms with Crippen LogP contribution in [0.4, 0.5) is 0 Å². The second-order valence-corrected chi connectivity index (χ2v) is 6.92. The molecule has 0 N–H and O–H groups in total. The minimum Gasteiger partial charge on any atom is -0.497 e. The first-order valence-corrected chi connectivity index (χ1v) is 9.04. The summed E-state index contributed by atoms with van der Waals surface area (Å²) in [6.45, 7) is 4.04. The number of hydrogen-bond donors (Lipinski definition) is 0. The molecule has 0 unspecified atom stereocenters. The average molecular weight is 343 g/mol. The van der Waals surface area contributed by atoms with Gasteiger partial charge in [0.1, 0.15) is 17.5 Å². The first kappa shape index (κ1) is 16.4. The van der Waals surface area contributed by atoms with Gasteiger partial charge in [-0.25, -0.2) is 5.01 Å². The highest BCUT2D eigenvalue weighted by atomic mass is 16.5. The van der Waals surface area contributed by atoms with Crippen LogP contribution in [0.3, 0.4) is 0 Å². The molecule has 25 heavy (non-hydrogen) atoms. The summed E-state index contributed by atoms with van der Waals surface area (Å²) < 4.78 is 11.0. The number of piperidine rings is 3. The monoisotopic (exact) mass is 343 g/mol. The zero-order chi connectivity index (χ0) is 17.6. The molecule has 5 rings (SSSR count). The molecule has 134 valence electrons. The quantitative estimate of drug-likeness (QED) is 0.843. The molecule has 6 nitrogen and oxygen atoms in total. The molecular weight excluding hydrogens is 318 g/mol. The maximum Gasteiger partial charge on any atom is 0.243 e. The molecule has 1 aromatic rings. The van der Waals surface area contributed by atoms with Crippen molar-refractivity contribution in [2.45, 2.75) is 38.3 Å². The Labute approximate surface area is 148 Å². The molecule has 1 amide bonds. The molecule has 6 heteroatoms. The lowest BCUT2D eigenvalue weighted by Crippen LogP contribution is -2.56. The Morgan fingerprint density at radius 3 is 2.60 bits per heavy atom. The maximum absolute atomic E-state index is 12.7. The lowest BCUT2D eigenvalue weighted by atomic mass is 9.78. The summed E-state index contributed by atoms with van der Waals surface area (Å²) in [6, 6.07) is 5.80. The number of fused-ring (bicyclic) bond motifs is 2.